The first-order valence-electron chi connectivity index (χ1n) is 8.63. The summed E-state index contributed by atoms with van der Waals surface area (Å²) in [7, 11) is -3.89. The van der Waals surface area contributed by atoms with Crippen molar-refractivity contribution in [3.63, 3.8) is 0 Å². The topological polar surface area (TPSA) is 101 Å². The van der Waals surface area contributed by atoms with E-state index in [1.807, 2.05) is 18.2 Å². The van der Waals surface area contributed by atoms with Crippen molar-refractivity contribution in [3.8, 4) is 0 Å². The Morgan fingerprint density at radius 2 is 2.04 bits per heavy atom. The van der Waals surface area contributed by atoms with E-state index in [9.17, 15) is 13.2 Å². The highest BCUT2D eigenvalue weighted by Gasteiger charge is 2.29. The van der Waals surface area contributed by atoms with Gasteiger partial charge in [0.1, 0.15) is 10.6 Å². The van der Waals surface area contributed by atoms with E-state index in [-0.39, 0.29) is 28.3 Å². The number of amides is 1. The zero-order valence-corrected chi connectivity index (χ0v) is 15.9. The number of sulfonamides is 1. The highest BCUT2D eigenvalue weighted by Crippen LogP contribution is 2.29. The first kappa shape index (κ1) is 18.6. The molecule has 0 unspecified atom stereocenters. The van der Waals surface area contributed by atoms with Gasteiger partial charge in [-0.15, -0.1) is 0 Å². The van der Waals surface area contributed by atoms with Gasteiger partial charge in [-0.3, -0.25) is 4.79 Å². The van der Waals surface area contributed by atoms with Crippen LogP contribution in [0.3, 0.4) is 0 Å². The molecule has 140 valence electrons. The fraction of sp³-hybridized carbons (Fsp3) is 0.444. The number of carbonyl (C=O) groups excluding carboxylic acids is 1. The van der Waals surface area contributed by atoms with Crippen LogP contribution in [0, 0.1) is 13.8 Å². The maximum absolute atomic E-state index is 12.6. The SMILES string of the molecule is Cc1noc(C)c1S(=O)(=O)N[C@@H](C)C(=O)N[C@H]1CCCc2ccccc21. The minimum absolute atomic E-state index is 0.0137. The van der Waals surface area contributed by atoms with Crippen LogP contribution in [0.15, 0.2) is 33.7 Å². The average molecular weight is 377 g/mol. The predicted octanol–water partition coefficient (Wildman–Crippen LogP) is 2.15. The van der Waals surface area contributed by atoms with Gasteiger partial charge in [-0.05, 0) is 51.2 Å². The van der Waals surface area contributed by atoms with Gasteiger partial charge in [0.05, 0.1) is 12.1 Å². The van der Waals surface area contributed by atoms with E-state index in [1.54, 1.807) is 6.92 Å². The van der Waals surface area contributed by atoms with Crippen molar-refractivity contribution in [1.29, 1.82) is 0 Å². The number of hydrogen-bond donors (Lipinski definition) is 2. The number of carbonyl (C=O) groups is 1. The number of aromatic nitrogens is 1. The molecule has 2 atom stereocenters. The van der Waals surface area contributed by atoms with E-state index in [0.29, 0.717) is 0 Å². The van der Waals surface area contributed by atoms with Gasteiger partial charge in [0.25, 0.3) is 0 Å². The molecule has 1 aromatic carbocycles. The molecule has 3 rings (SSSR count). The summed E-state index contributed by atoms with van der Waals surface area (Å²) in [6, 6.07) is 7.01. The smallest absolute Gasteiger partial charge is 0.246 e. The van der Waals surface area contributed by atoms with Gasteiger partial charge in [-0.25, -0.2) is 8.42 Å². The zero-order chi connectivity index (χ0) is 18.9. The number of fused-ring (bicyclic) bond motifs is 1. The molecule has 2 N–H and O–H groups in total. The molecule has 7 nitrogen and oxygen atoms in total. The molecule has 26 heavy (non-hydrogen) atoms. The van der Waals surface area contributed by atoms with E-state index in [4.69, 9.17) is 4.52 Å². The van der Waals surface area contributed by atoms with E-state index < -0.39 is 16.1 Å². The summed E-state index contributed by atoms with van der Waals surface area (Å²) >= 11 is 0. The van der Waals surface area contributed by atoms with Crippen molar-refractivity contribution < 1.29 is 17.7 Å². The lowest BCUT2D eigenvalue weighted by Gasteiger charge is -2.27. The van der Waals surface area contributed by atoms with Crippen LogP contribution in [-0.4, -0.2) is 25.5 Å². The summed E-state index contributed by atoms with van der Waals surface area (Å²) in [5, 5.41) is 6.63. The largest absolute Gasteiger partial charge is 0.360 e. The van der Waals surface area contributed by atoms with Crippen LogP contribution in [0.4, 0.5) is 0 Å². The molecule has 0 aliphatic heterocycles. The minimum atomic E-state index is -3.89. The molecule has 0 saturated heterocycles. The van der Waals surface area contributed by atoms with E-state index in [2.05, 4.69) is 21.3 Å². The summed E-state index contributed by atoms with van der Waals surface area (Å²) in [5.74, 6) is -0.161. The lowest BCUT2D eigenvalue weighted by molar-refractivity contribution is -0.123. The van der Waals surface area contributed by atoms with Crippen molar-refractivity contribution in [3.05, 3.63) is 46.8 Å². The van der Waals surface area contributed by atoms with Crippen LogP contribution in [0.5, 0.6) is 0 Å². The first-order valence-corrected chi connectivity index (χ1v) is 10.1. The fourth-order valence-electron chi connectivity index (χ4n) is 3.40. The normalized spacial score (nSPS) is 18.2. The Hall–Kier alpha value is -2.19. The number of hydrogen-bond acceptors (Lipinski definition) is 5. The molecule has 2 aromatic rings. The van der Waals surface area contributed by atoms with E-state index in [0.717, 1.165) is 24.8 Å². The van der Waals surface area contributed by atoms with Gasteiger partial charge in [0.2, 0.25) is 15.9 Å². The number of aryl methyl sites for hydroxylation is 3. The second-order valence-corrected chi connectivity index (χ2v) is 8.30. The predicted molar refractivity (Wildman–Crippen MR) is 96.0 cm³/mol. The number of nitrogens with zero attached hydrogens (tertiary/aromatic N) is 1. The monoisotopic (exact) mass is 377 g/mol. The summed E-state index contributed by atoms with van der Waals surface area (Å²) in [6.07, 6.45) is 2.82. The third-order valence-corrected chi connectivity index (χ3v) is 6.43. The Morgan fingerprint density at radius 1 is 1.31 bits per heavy atom. The Morgan fingerprint density at radius 3 is 2.73 bits per heavy atom. The van der Waals surface area contributed by atoms with Gasteiger partial charge >= 0.3 is 0 Å². The lowest BCUT2D eigenvalue weighted by atomic mass is 9.87. The summed E-state index contributed by atoms with van der Waals surface area (Å²) in [4.78, 5) is 12.5. The van der Waals surface area contributed by atoms with Crippen molar-refractivity contribution in [2.75, 3.05) is 0 Å². The van der Waals surface area contributed by atoms with E-state index in [1.165, 1.54) is 19.4 Å². The van der Waals surface area contributed by atoms with Crippen LogP contribution in [-0.2, 0) is 21.2 Å². The molecule has 0 bridgehead atoms. The Balaban J connectivity index is 1.71. The molecule has 8 heteroatoms. The summed E-state index contributed by atoms with van der Waals surface area (Å²) < 4.78 is 32.4. The molecule has 1 aliphatic carbocycles. The second-order valence-electron chi connectivity index (χ2n) is 6.65. The maximum Gasteiger partial charge on any atom is 0.246 e. The Kier molecular flexibility index (Phi) is 5.15. The van der Waals surface area contributed by atoms with Gasteiger partial charge in [-0.2, -0.15) is 4.72 Å². The second kappa shape index (κ2) is 7.20. The van der Waals surface area contributed by atoms with Gasteiger partial charge in [-0.1, -0.05) is 29.4 Å². The molecule has 0 spiro atoms. The van der Waals surface area contributed by atoms with Gasteiger partial charge < -0.3 is 9.84 Å². The highest BCUT2D eigenvalue weighted by molar-refractivity contribution is 7.89. The maximum atomic E-state index is 12.6. The third kappa shape index (κ3) is 3.66. The molecule has 1 aliphatic rings. The quantitative estimate of drug-likeness (QED) is 0.831. The zero-order valence-electron chi connectivity index (χ0n) is 15.1. The molecule has 1 heterocycles. The molecule has 1 amide bonds. The number of nitrogens with one attached hydrogen (secondary N) is 2. The third-order valence-electron chi connectivity index (χ3n) is 4.65. The van der Waals surface area contributed by atoms with Crippen LogP contribution < -0.4 is 10.0 Å². The minimum Gasteiger partial charge on any atom is -0.360 e. The lowest BCUT2D eigenvalue weighted by Crippen LogP contribution is -2.46. The van der Waals surface area contributed by atoms with Crippen molar-refractivity contribution in [1.82, 2.24) is 15.2 Å². The molecule has 1 aromatic heterocycles. The molecule has 0 radical (unpaired) electrons. The molecular formula is C18H23N3O4S. The van der Waals surface area contributed by atoms with Crippen molar-refractivity contribution in [2.45, 2.75) is 57.0 Å². The van der Waals surface area contributed by atoms with Crippen LogP contribution in [0.25, 0.3) is 0 Å². The number of benzene rings is 1. The Labute approximate surface area is 153 Å². The van der Waals surface area contributed by atoms with Gasteiger partial charge in [0, 0.05) is 0 Å². The van der Waals surface area contributed by atoms with Gasteiger partial charge in [0.15, 0.2) is 5.76 Å². The number of rotatable bonds is 5. The average Bonchev–Trinajstić information content (AvgIpc) is 2.94. The van der Waals surface area contributed by atoms with Crippen LogP contribution in [0.2, 0.25) is 0 Å². The molecule has 0 saturated carbocycles. The van der Waals surface area contributed by atoms with E-state index >= 15 is 0 Å². The standard InChI is InChI=1S/C18H23N3O4S/c1-11-17(13(3)25-20-11)26(23,24)21-12(2)18(22)19-16-10-6-8-14-7-4-5-9-15(14)16/h4-5,7,9,12,16,21H,6,8,10H2,1-3H3,(H,19,22)/t12-,16-/m0/s1. The Bertz CT molecular complexity index is 901. The molecular weight excluding hydrogens is 354 g/mol. The van der Waals surface area contributed by atoms with Crippen LogP contribution in [0.1, 0.15) is 48.4 Å². The summed E-state index contributed by atoms with van der Waals surface area (Å²) in [6.45, 7) is 4.60. The molecule has 0 fully saturated rings. The van der Waals surface area contributed by atoms with Crippen LogP contribution >= 0.6 is 0 Å². The fourth-order valence-corrected chi connectivity index (χ4v) is 4.94. The highest BCUT2D eigenvalue weighted by atomic mass is 32.2. The van der Waals surface area contributed by atoms with Crippen molar-refractivity contribution >= 4 is 15.9 Å². The first-order chi connectivity index (χ1) is 12.3. The van der Waals surface area contributed by atoms with Crippen molar-refractivity contribution in [2.24, 2.45) is 0 Å². The summed E-state index contributed by atoms with van der Waals surface area (Å²) in [5.41, 5.74) is 2.60.